The average Bonchev–Trinajstić information content (AvgIpc) is 2.77. The lowest BCUT2D eigenvalue weighted by atomic mass is 9.73. The van der Waals surface area contributed by atoms with Crippen molar-refractivity contribution < 1.29 is 14.3 Å². The summed E-state index contributed by atoms with van der Waals surface area (Å²) in [7, 11) is 0. The predicted octanol–water partition coefficient (Wildman–Crippen LogP) is 3.33. The Kier molecular flexibility index (Phi) is 4.62. The molecule has 1 heterocycles. The Morgan fingerprint density at radius 1 is 1.30 bits per heavy atom. The van der Waals surface area contributed by atoms with Gasteiger partial charge in [0.1, 0.15) is 17.9 Å². The van der Waals surface area contributed by atoms with Crippen LogP contribution in [-0.4, -0.2) is 35.5 Å². The summed E-state index contributed by atoms with van der Waals surface area (Å²) in [5.74, 6) is 0.820. The molecule has 1 aliphatic carbocycles. The average molecular weight is 381 g/mol. The fourth-order valence-electron chi connectivity index (χ4n) is 3.48. The number of nitrogens with one attached hydrogen (secondary N) is 1. The third-order valence-electron chi connectivity index (χ3n) is 4.90. The van der Waals surface area contributed by atoms with E-state index >= 15 is 0 Å². The minimum atomic E-state index is -0.688. The van der Waals surface area contributed by atoms with E-state index in [1.165, 1.54) is 4.90 Å². The Bertz CT molecular complexity index is 604. The van der Waals surface area contributed by atoms with Crippen LogP contribution in [0.1, 0.15) is 32.6 Å². The van der Waals surface area contributed by atoms with E-state index < -0.39 is 5.54 Å². The standard InChI is InChI=1S/C17H21BrN2O3/c1-12-4-2-3-9-17(12)15(21)20(16(22)19-17)10-11-23-14-7-5-13(18)6-8-14/h5-8,12H,2-4,9-11H2,1H3,(H,19,22). The summed E-state index contributed by atoms with van der Waals surface area (Å²) in [5, 5.41) is 2.95. The maximum absolute atomic E-state index is 12.8. The van der Waals surface area contributed by atoms with Crippen molar-refractivity contribution in [1.82, 2.24) is 10.2 Å². The first-order chi connectivity index (χ1) is 11.0. The van der Waals surface area contributed by atoms with Gasteiger partial charge < -0.3 is 10.1 Å². The maximum atomic E-state index is 12.8. The minimum absolute atomic E-state index is 0.0888. The summed E-state index contributed by atoms with van der Waals surface area (Å²) in [5.41, 5.74) is -0.688. The molecule has 124 valence electrons. The molecule has 3 amide bonds. The van der Waals surface area contributed by atoms with Crippen molar-refractivity contribution in [2.45, 2.75) is 38.1 Å². The fraction of sp³-hybridized carbons (Fsp3) is 0.529. The van der Waals surface area contributed by atoms with E-state index in [-0.39, 0.29) is 24.4 Å². The molecular formula is C17H21BrN2O3. The highest BCUT2D eigenvalue weighted by Gasteiger charge is 2.54. The molecule has 1 N–H and O–H groups in total. The van der Waals surface area contributed by atoms with Crippen LogP contribution >= 0.6 is 15.9 Å². The quantitative estimate of drug-likeness (QED) is 0.814. The molecule has 2 unspecified atom stereocenters. The molecule has 3 rings (SSSR count). The first-order valence-electron chi connectivity index (χ1n) is 8.05. The van der Waals surface area contributed by atoms with Crippen molar-refractivity contribution >= 4 is 27.9 Å². The SMILES string of the molecule is CC1CCCCC12NC(=O)N(CCOc1ccc(Br)cc1)C2=O. The second kappa shape index (κ2) is 6.51. The van der Waals surface area contributed by atoms with Crippen LogP contribution in [0.4, 0.5) is 4.79 Å². The van der Waals surface area contributed by atoms with Gasteiger partial charge in [-0.1, -0.05) is 35.7 Å². The Morgan fingerprint density at radius 3 is 2.74 bits per heavy atom. The molecule has 6 heteroatoms. The zero-order valence-electron chi connectivity index (χ0n) is 13.2. The summed E-state index contributed by atoms with van der Waals surface area (Å²) in [6.45, 7) is 2.62. The van der Waals surface area contributed by atoms with E-state index in [0.717, 1.165) is 35.9 Å². The maximum Gasteiger partial charge on any atom is 0.325 e. The molecule has 2 aliphatic rings. The van der Waals surface area contributed by atoms with Crippen LogP contribution in [0.15, 0.2) is 28.7 Å². The lowest BCUT2D eigenvalue weighted by Gasteiger charge is -2.36. The Labute approximate surface area is 144 Å². The number of benzene rings is 1. The van der Waals surface area contributed by atoms with Crippen molar-refractivity contribution in [2.24, 2.45) is 5.92 Å². The fourth-order valence-corrected chi connectivity index (χ4v) is 3.75. The van der Waals surface area contributed by atoms with Crippen molar-refractivity contribution in [3.63, 3.8) is 0 Å². The van der Waals surface area contributed by atoms with E-state index in [1.807, 2.05) is 24.3 Å². The van der Waals surface area contributed by atoms with Gasteiger partial charge in [0.2, 0.25) is 0 Å². The van der Waals surface area contributed by atoms with Crippen LogP contribution in [0.2, 0.25) is 0 Å². The molecule has 0 bridgehead atoms. The first-order valence-corrected chi connectivity index (χ1v) is 8.85. The van der Waals surface area contributed by atoms with Crippen LogP contribution in [0.5, 0.6) is 5.75 Å². The van der Waals surface area contributed by atoms with Crippen molar-refractivity contribution in [3.05, 3.63) is 28.7 Å². The summed E-state index contributed by atoms with van der Waals surface area (Å²) in [6, 6.07) is 7.19. The van der Waals surface area contributed by atoms with Gasteiger partial charge >= 0.3 is 6.03 Å². The van der Waals surface area contributed by atoms with Gasteiger partial charge in [-0.3, -0.25) is 9.69 Å². The molecule has 2 fully saturated rings. The molecule has 1 aromatic rings. The van der Waals surface area contributed by atoms with Crippen LogP contribution < -0.4 is 10.1 Å². The normalized spacial score (nSPS) is 27.4. The van der Waals surface area contributed by atoms with Crippen molar-refractivity contribution in [2.75, 3.05) is 13.2 Å². The summed E-state index contributed by atoms with van der Waals surface area (Å²) in [4.78, 5) is 26.3. The van der Waals surface area contributed by atoms with Crippen LogP contribution in [0, 0.1) is 5.92 Å². The van der Waals surface area contributed by atoms with E-state index in [1.54, 1.807) is 0 Å². The van der Waals surface area contributed by atoms with E-state index in [2.05, 4.69) is 28.2 Å². The van der Waals surface area contributed by atoms with Crippen molar-refractivity contribution in [3.8, 4) is 5.75 Å². The number of carbonyl (C=O) groups is 2. The lowest BCUT2D eigenvalue weighted by Crippen LogP contribution is -2.54. The molecule has 1 spiro atoms. The molecule has 1 saturated carbocycles. The summed E-state index contributed by atoms with van der Waals surface area (Å²) in [6.07, 6.45) is 3.83. The molecule has 1 aromatic carbocycles. The van der Waals surface area contributed by atoms with Crippen LogP contribution in [0.25, 0.3) is 0 Å². The number of carbonyl (C=O) groups excluding carboxylic acids is 2. The van der Waals surface area contributed by atoms with Crippen LogP contribution in [0.3, 0.4) is 0 Å². The number of ether oxygens (including phenoxy) is 1. The molecule has 1 aliphatic heterocycles. The van der Waals surface area contributed by atoms with Gasteiger partial charge in [0, 0.05) is 4.47 Å². The van der Waals surface area contributed by atoms with Crippen LogP contribution in [-0.2, 0) is 4.79 Å². The number of halogens is 1. The van der Waals surface area contributed by atoms with Gasteiger partial charge in [0.25, 0.3) is 5.91 Å². The predicted molar refractivity (Wildman–Crippen MR) is 90.2 cm³/mol. The highest BCUT2D eigenvalue weighted by molar-refractivity contribution is 9.10. The molecule has 5 nitrogen and oxygen atoms in total. The molecule has 2 atom stereocenters. The topological polar surface area (TPSA) is 58.6 Å². The number of amides is 3. The number of rotatable bonds is 4. The third-order valence-corrected chi connectivity index (χ3v) is 5.43. The van der Waals surface area contributed by atoms with Gasteiger partial charge in [-0.25, -0.2) is 4.79 Å². The Hall–Kier alpha value is -1.56. The number of nitrogens with zero attached hydrogens (tertiary/aromatic N) is 1. The monoisotopic (exact) mass is 380 g/mol. The molecular weight excluding hydrogens is 360 g/mol. The smallest absolute Gasteiger partial charge is 0.325 e. The highest BCUT2D eigenvalue weighted by atomic mass is 79.9. The Morgan fingerprint density at radius 2 is 2.04 bits per heavy atom. The molecule has 0 aromatic heterocycles. The van der Waals surface area contributed by atoms with Gasteiger partial charge in [-0.15, -0.1) is 0 Å². The zero-order chi connectivity index (χ0) is 16.4. The molecule has 0 radical (unpaired) electrons. The summed E-state index contributed by atoms with van der Waals surface area (Å²) >= 11 is 3.37. The number of hydrogen-bond acceptors (Lipinski definition) is 3. The number of urea groups is 1. The van der Waals surface area contributed by atoms with E-state index in [9.17, 15) is 9.59 Å². The van der Waals surface area contributed by atoms with E-state index in [4.69, 9.17) is 4.74 Å². The van der Waals surface area contributed by atoms with Gasteiger partial charge in [-0.05, 0) is 43.0 Å². The van der Waals surface area contributed by atoms with Crippen molar-refractivity contribution in [1.29, 1.82) is 0 Å². The van der Waals surface area contributed by atoms with Gasteiger partial charge in [0.15, 0.2) is 0 Å². The molecule has 1 saturated heterocycles. The Balaban J connectivity index is 1.61. The highest BCUT2D eigenvalue weighted by Crippen LogP contribution is 2.38. The first kappa shape index (κ1) is 16.3. The minimum Gasteiger partial charge on any atom is -0.492 e. The largest absolute Gasteiger partial charge is 0.492 e. The van der Waals surface area contributed by atoms with E-state index in [0.29, 0.717) is 6.61 Å². The summed E-state index contributed by atoms with van der Waals surface area (Å²) < 4.78 is 6.61. The number of imide groups is 1. The second-order valence-electron chi connectivity index (χ2n) is 6.31. The van der Waals surface area contributed by atoms with Gasteiger partial charge in [-0.2, -0.15) is 0 Å². The van der Waals surface area contributed by atoms with Gasteiger partial charge in [0.05, 0.1) is 6.54 Å². The second-order valence-corrected chi connectivity index (χ2v) is 7.22. The number of hydrogen-bond donors (Lipinski definition) is 1. The lowest BCUT2D eigenvalue weighted by molar-refractivity contribution is -0.134. The molecule has 23 heavy (non-hydrogen) atoms. The zero-order valence-corrected chi connectivity index (χ0v) is 14.8. The third kappa shape index (κ3) is 3.09.